The molecule has 1 saturated heterocycles. The van der Waals surface area contributed by atoms with Crippen molar-refractivity contribution in [3.8, 4) is 0 Å². The lowest BCUT2D eigenvalue weighted by Crippen LogP contribution is -2.45. The highest BCUT2D eigenvalue weighted by Crippen LogP contribution is 2.18. The molecule has 0 amide bonds. The Morgan fingerprint density at radius 3 is 2.59 bits per heavy atom. The molecule has 0 aliphatic carbocycles. The van der Waals surface area contributed by atoms with E-state index in [1.54, 1.807) is 18.4 Å². The number of aryl methyl sites for hydroxylation is 1. The van der Waals surface area contributed by atoms with Crippen molar-refractivity contribution in [3.63, 3.8) is 0 Å². The number of pyridine rings is 1. The summed E-state index contributed by atoms with van der Waals surface area (Å²) in [4.78, 5) is 19.2. The van der Waals surface area contributed by atoms with Crippen molar-refractivity contribution in [3.05, 3.63) is 40.0 Å². The van der Waals surface area contributed by atoms with Crippen LogP contribution >= 0.6 is 35.3 Å². The summed E-state index contributed by atoms with van der Waals surface area (Å²) in [5, 5.41) is 7.77. The summed E-state index contributed by atoms with van der Waals surface area (Å²) in [5.41, 5.74) is 1.19. The van der Waals surface area contributed by atoms with Gasteiger partial charge in [0, 0.05) is 62.6 Å². The van der Waals surface area contributed by atoms with Gasteiger partial charge in [-0.2, -0.15) is 0 Å². The lowest BCUT2D eigenvalue weighted by Gasteiger charge is -2.34. The summed E-state index contributed by atoms with van der Waals surface area (Å²) in [6.45, 7) is 7.59. The number of aliphatic imine (C=N–C) groups is 1. The first-order valence-corrected chi connectivity index (χ1v) is 9.70. The summed E-state index contributed by atoms with van der Waals surface area (Å²) >= 11 is 1.70. The molecule has 1 aliphatic rings. The van der Waals surface area contributed by atoms with Gasteiger partial charge >= 0.3 is 0 Å². The van der Waals surface area contributed by atoms with Crippen LogP contribution in [-0.4, -0.2) is 61.1 Å². The first kappa shape index (κ1) is 21.8. The number of thiazole rings is 1. The molecule has 1 fully saturated rings. The van der Waals surface area contributed by atoms with Crippen LogP contribution in [0.2, 0.25) is 0 Å². The van der Waals surface area contributed by atoms with E-state index in [-0.39, 0.29) is 24.0 Å². The zero-order valence-corrected chi connectivity index (χ0v) is 19.3. The first-order chi connectivity index (χ1) is 12.7. The maximum Gasteiger partial charge on any atom is 0.191 e. The second kappa shape index (κ2) is 10.8. The normalized spacial score (nSPS) is 15.4. The number of guanidine groups is 1. The van der Waals surface area contributed by atoms with E-state index in [1.807, 2.05) is 18.5 Å². The van der Waals surface area contributed by atoms with Crippen molar-refractivity contribution in [2.45, 2.75) is 20.0 Å². The van der Waals surface area contributed by atoms with Gasteiger partial charge in [0.05, 0.1) is 6.54 Å². The molecule has 0 bridgehead atoms. The smallest absolute Gasteiger partial charge is 0.191 e. The van der Waals surface area contributed by atoms with Crippen molar-refractivity contribution in [1.82, 2.24) is 25.5 Å². The molecule has 0 radical (unpaired) electrons. The van der Waals surface area contributed by atoms with Gasteiger partial charge in [-0.15, -0.1) is 35.3 Å². The maximum atomic E-state index is 4.63. The van der Waals surface area contributed by atoms with E-state index in [9.17, 15) is 0 Å². The Labute approximate surface area is 182 Å². The summed E-state index contributed by atoms with van der Waals surface area (Å²) in [7, 11) is 3.95. The predicted molar refractivity (Wildman–Crippen MR) is 123 cm³/mol. The van der Waals surface area contributed by atoms with Gasteiger partial charge in [-0.1, -0.05) is 6.07 Å². The van der Waals surface area contributed by atoms with E-state index in [0.29, 0.717) is 13.1 Å². The van der Waals surface area contributed by atoms with Gasteiger partial charge in [0.2, 0.25) is 0 Å². The lowest BCUT2D eigenvalue weighted by molar-refractivity contribution is 0.312. The fourth-order valence-electron chi connectivity index (χ4n) is 2.91. The van der Waals surface area contributed by atoms with Crippen LogP contribution in [0.4, 0.5) is 5.82 Å². The van der Waals surface area contributed by atoms with Gasteiger partial charge in [0.25, 0.3) is 0 Å². The highest BCUT2D eigenvalue weighted by Gasteiger charge is 2.18. The van der Waals surface area contributed by atoms with Crippen molar-refractivity contribution < 1.29 is 0 Å². The van der Waals surface area contributed by atoms with Crippen LogP contribution in [0.3, 0.4) is 0 Å². The zero-order valence-electron chi connectivity index (χ0n) is 16.1. The Morgan fingerprint density at radius 1 is 1.19 bits per heavy atom. The third-order valence-electron chi connectivity index (χ3n) is 4.42. The van der Waals surface area contributed by atoms with E-state index < -0.39 is 0 Å². The molecule has 1 aliphatic heterocycles. The largest absolute Gasteiger partial charge is 0.354 e. The average Bonchev–Trinajstić information content (AvgIpc) is 3.08. The van der Waals surface area contributed by atoms with Crippen molar-refractivity contribution in [2.75, 3.05) is 45.2 Å². The van der Waals surface area contributed by atoms with E-state index in [1.165, 1.54) is 10.4 Å². The predicted octanol–water partition coefficient (Wildman–Crippen LogP) is 2.08. The monoisotopic (exact) mass is 501 g/mol. The molecular weight excluding hydrogens is 473 g/mol. The minimum Gasteiger partial charge on any atom is -0.354 e. The molecule has 27 heavy (non-hydrogen) atoms. The van der Waals surface area contributed by atoms with E-state index >= 15 is 0 Å². The Hall–Kier alpha value is -1.46. The summed E-state index contributed by atoms with van der Waals surface area (Å²) < 4.78 is 0. The van der Waals surface area contributed by atoms with E-state index in [4.69, 9.17) is 0 Å². The molecule has 0 unspecified atom stereocenters. The highest BCUT2D eigenvalue weighted by atomic mass is 127. The lowest BCUT2D eigenvalue weighted by atomic mass is 10.2. The fourth-order valence-corrected chi connectivity index (χ4v) is 3.64. The molecule has 0 spiro atoms. The van der Waals surface area contributed by atoms with Gasteiger partial charge in [0.1, 0.15) is 10.8 Å². The third kappa shape index (κ3) is 6.28. The molecular formula is C18H28IN7S. The van der Waals surface area contributed by atoms with Crippen LogP contribution in [-0.2, 0) is 13.1 Å². The van der Waals surface area contributed by atoms with Crippen LogP contribution in [0.1, 0.15) is 15.4 Å². The van der Waals surface area contributed by atoms with Crippen molar-refractivity contribution in [1.29, 1.82) is 0 Å². The SMILES string of the molecule is CN=C(NCc1ncc(C)s1)NCc1cccnc1N1CCN(C)CC1.I. The van der Waals surface area contributed by atoms with Gasteiger partial charge in [-0.3, -0.25) is 4.99 Å². The number of nitrogens with zero attached hydrogens (tertiary/aromatic N) is 5. The van der Waals surface area contributed by atoms with E-state index in [2.05, 4.69) is 55.4 Å². The third-order valence-corrected chi connectivity index (χ3v) is 5.33. The molecule has 0 atom stereocenters. The van der Waals surface area contributed by atoms with Gasteiger partial charge < -0.3 is 20.4 Å². The molecule has 3 rings (SSSR count). The van der Waals surface area contributed by atoms with Crippen LogP contribution in [0.15, 0.2) is 29.5 Å². The van der Waals surface area contributed by atoms with Gasteiger partial charge in [0.15, 0.2) is 5.96 Å². The topological polar surface area (TPSA) is 68.7 Å². The number of hydrogen-bond acceptors (Lipinski definition) is 6. The van der Waals surface area contributed by atoms with Crippen molar-refractivity contribution in [2.24, 2.45) is 4.99 Å². The number of piperazine rings is 1. The quantitative estimate of drug-likeness (QED) is 0.372. The molecule has 0 saturated carbocycles. The minimum absolute atomic E-state index is 0. The van der Waals surface area contributed by atoms with E-state index in [0.717, 1.165) is 43.0 Å². The molecule has 3 heterocycles. The van der Waals surface area contributed by atoms with Crippen LogP contribution < -0.4 is 15.5 Å². The maximum absolute atomic E-state index is 4.63. The molecule has 9 heteroatoms. The number of nitrogens with one attached hydrogen (secondary N) is 2. The Kier molecular flexibility index (Phi) is 8.71. The molecule has 0 aromatic carbocycles. The molecule has 2 aromatic rings. The van der Waals surface area contributed by atoms with Gasteiger partial charge in [-0.05, 0) is 20.0 Å². The number of likely N-dealkylation sites (N-methyl/N-ethyl adjacent to an activating group) is 1. The number of aromatic nitrogens is 2. The minimum atomic E-state index is 0. The number of anilines is 1. The van der Waals surface area contributed by atoms with Crippen LogP contribution in [0.5, 0.6) is 0 Å². The number of rotatable bonds is 5. The van der Waals surface area contributed by atoms with Crippen molar-refractivity contribution >= 4 is 47.1 Å². The Morgan fingerprint density at radius 2 is 1.93 bits per heavy atom. The molecule has 2 N–H and O–H groups in total. The number of hydrogen-bond donors (Lipinski definition) is 2. The first-order valence-electron chi connectivity index (χ1n) is 8.89. The summed E-state index contributed by atoms with van der Waals surface area (Å²) in [6, 6.07) is 4.12. The molecule has 148 valence electrons. The summed E-state index contributed by atoms with van der Waals surface area (Å²) in [6.07, 6.45) is 3.77. The average molecular weight is 501 g/mol. The second-order valence-corrected chi connectivity index (χ2v) is 7.74. The van der Waals surface area contributed by atoms with Crippen LogP contribution in [0.25, 0.3) is 0 Å². The standard InChI is InChI=1S/C18H27N7S.HI/c1-14-11-21-16(26-14)13-23-18(19-2)22-12-15-5-4-6-20-17(15)25-9-7-24(3)8-10-25;/h4-6,11H,7-10,12-13H2,1-3H3,(H2,19,22,23);1H. The molecule has 2 aromatic heterocycles. The fraction of sp³-hybridized carbons (Fsp3) is 0.500. The highest BCUT2D eigenvalue weighted by molar-refractivity contribution is 14.0. The molecule has 7 nitrogen and oxygen atoms in total. The summed E-state index contributed by atoms with van der Waals surface area (Å²) in [5.74, 6) is 1.84. The Balaban J connectivity index is 0.00000261. The van der Waals surface area contributed by atoms with Crippen LogP contribution in [0, 0.1) is 6.92 Å². The second-order valence-electron chi connectivity index (χ2n) is 6.42. The number of halogens is 1. The Bertz CT molecular complexity index is 741. The zero-order chi connectivity index (χ0) is 18.4. The van der Waals surface area contributed by atoms with Gasteiger partial charge in [-0.25, -0.2) is 9.97 Å².